The predicted molar refractivity (Wildman–Crippen MR) is 85.1 cm³/mol. The lowest BCUT2D eigenvalue weighted by molar-refractivity contribution is -0.158. The molecule has 1 amide bonds. The van der Waals surface area contributed by atoms with E-state index < -0.39 is 0 Å². The SMILES string of the molecule is CC1(C)CN(C(=O)CC2CCCCCC2)CC(CBr)O1. The van der Waals surface area contributed by atoms with Crippen LogP contribution in [0.2, 0.25) is 0 Å². The second kappa shape index (κ2) is 7.26. The first-order valence-electron chi connectivity index (χ1n) is 8.02. The second-order valence-corrected chi connectivity index (χ2v) is 7.64. The summed E-state index contributed by atoms with van der Waals surface area (Å²) in [7, 11) is 0. The third kappa shape index (κ3) is 4.73. The van der Waals surface area contributed by atoms with Gasteiger partial charge in [0.25, 0.3) is 0 Å². The molecule has 1 heterocycles. The monoisotopic (exact) mass is 345 g/mol. The van der Waals surface area contributed by atoms with Gasteiger partial charge < -0.3 is 9.64 Å². The molecule has 0 N–H and O–H groups in total. The largest absolute Gasteiger partial charge is 0.368 e. The molecule has 20 heavy (non-hydrogen) atoms. The molecule has 0 spiro atoms. The van der Waals surface area contributed by atoms with Gasteiger partial charge in [0.05, 0.1) is 11.7 Å². The van der Waals surface area contributed by atoms with Crippen LogP contribution >= 0.6 is 15.9 Å². The van der Waals surface area contributed by atoms with Gasteiger partial charge in [-0.15, -0.1) is 0 Å². The molecule has 116 valence electrons. The van der Waals surface area contributed by atoms with Crippen LogP contribution in [0.4, 0.5) is 0 Å². The summed E-state index contributed by atoms with van der Waals surface area (Å²) in [5.41, 5.74) is -0.226. The summed E-state index contributed by atoms with van der Waals surface area (Å²) >= 11 is 3.49. The van der Waals surface area contributed by atoms with Crippen molar-refractivity contribution in [3.05, 3.63) is 0 Å². The van der Waals surface area contributed by atoms with Gasteiger partial charge in [0.1, 0.15) is 0 Å². The number of carbonyl (C=O) groups excluding carboxylic acids is 1. The van der Waals surface area contributed by atoms with E-state index >= 15 is 0 Å². The molecule has 0 bridgehead atoms. The number of morpholine rings is 1. The molecule has 1 unspecified atom stereocenters. The minimum absolute atomic E-state index is 0.122. The zero-order chi connectivity index (χ0) is 14.6. The first kappa shape index (κ1) is 16.3. The number of hydrogen-bond donors (Lipinski definition) is 0. The number of carbonyl (C=O) groups is 1. The van der Waals surface area contributed by atoms with Gasteiger partial charge in [-0.1, -0.05) is 41.6 Å². The molecule has 3 nitrogen and oxygen atoms in total. The maximum atomic E-state index is 12.6. The molecule has 1 saturated carbocycles. The molecular formula is C16H28BrNO2. The highest BCUT2D eigenvalue weighted by atomic mass is 79.9. The van der Waals surface area contributed by atoms with Gasteiger partial charge in [-0.05, 0) is 32.6 Å². The number of nitrogens with zero attached hydrogens (tertiary/aromatic N) is 1. The van der Waals surface area contributed by atoms with Gasteiger partial charge in [0, 0.05) is 24.8 Å². The third-order valence-electron chi connectivity index (χ3n) is 4.44. The number of alkyl halides is 1. The third-order valence-corrected chi connectivity index (χ3v) is 5.17. The van der Waals surface area contributed by atoms with Crippen molar-refractivity contribution in [1.82, 2.24) is 4.90 Å². The average molecular weight is 346 g/mol. The minimum atomic E-state index is -0.226. The van der Waals surface area contributed by atoms with Crippen LogP contribution in [0.3, 0.4) is 0 Å². The molecule has 4 heteroatoms. The normalized spacial score (nSPS) is 28.1. The molecule has 2 rings (SSSR count). The number of halogens is 1. The van der Waals surface area contributed by atoms with Gasteiger partial charge >= 0.3 is 0 Å². The zero-order valence-electron chi connectivity index (χ0n) is 12.9. The molecule has 1 saturated heterocycles. The molecule has 1 aliphatic heterocycles. The summed E-state index contributed by atoms with van der Waals surface area (Å²) in [5, 5.41) is 0.795. The second-order valence-electron chi connectivity index (χ2n) is 6.99. The maximum Gasteiger partial charge on any atom is 0.223 e. The van der Waals surface area contributed by atoms with Gasteiger partial charge in [0.15, 0.2) is 0 Å². The van der Waals surface area contributed by atoms with Crippen LogP contribution in [-0.4, -0.2) is 40.9 Å². The Bertz CT molecular complexity index is 324. The Morgan fingerprint density at radius 2 is 1.90 bits per heavy atom. The van der Waals surface area contributed by atoms with Crippen LogP contribution in [0.25, 0.3) is 0 Å². The fourth-order valence-corrected chi connectivity index (χ4v) is 3.85. The highest BCUT2D eigenvalue weighted by Gasteiger charge is 2.35. The van der Waals surface area contributed by atoms with E-state index in [1.807, 2.05) is 4.90 Å². The van der Waals surface area contributed by atoms with Crippen molar-refractivity contribution in [1.29, 1.82) is 0 Å². The number of rotatable bonds is 3. The van der Waals surface area contributed by atoms with Crippen molar-refractivity contribution in [2.24, 2.45) is 5.92 Å². The first-order chi connectivity index (χ1) is 9.50. The molecule has 0 radical (unpaired) electrons. The Hall–Kier alpha value is -0.0900. The van der Waals surface area contributed by atoms with Crippen LogP contribution in [0.5, 0.6) is 0 Å². The fraction of sp³-hybridized carbons (Fsp3) is 0.938. The van der Waals surface area contributed by atoms with Crippen molar-refractivity contribution in [3.63, 3.8) is 0 Å². The summed E-state index contributed by atoms with van der Waals surface area (Å²) in [4.78, 5) is 14.6. The molecule has 2 aliphatic rings. The Morgan fingerprint density at radius 3 is 2.50 bits per heavy atom. The van der Waals surface area contributed by atoms with Crippen molar-refractivity contribution in [2.75, 3.05) is 18.4 Å². The summed E-state index contributed by atoms with van der Waals surface area (Å²) in [6, 6.07) is 0. The maximum absolute atomic E-state index is 12.6. The van der Waals surface area contributed by atoms with Crippen molar-refractivity contribution < 1.29 is 9.53 Å². The van der Waals surface area contributed by atoms with Crippen LogP contribution in [0.15, 0.2) is 0 Å². The number of ether oxygens (including phenoxy) is 1. The molecule has 2 fully saturated rings. The molecular weight excluding hydrogens is 318 g/mol. The van der Waals surface area contributed by atoms with Gasteiger partial charge in [-0.2, -0.15) is 0 Å². The van der Waals surface area contributed by atoms with Crippen LogP contribution < -0.4 is 0 Å². The van der Waals surface area contributed by atoms with E-state index in [-0.39, 0.29) is 11.7 Å². The van der Waals surface area contributed by atoms with E-state index in [1.165, 1.54) is 38.5 Å². The van der Waals surface area contributed by atoms with Gasteiger partial charge in [-0.3, -0.25) is 4.79 Å². The Kier molecular flexibility index (Phi) is 5.91. The topological polar surface area (TPSA) is 29.5 Å². The van der Waals surface area contributed by atoms with Gasteiger partial charge in [-0.25, -0.2) is 0 Å². The summed E-state index contributed by atoms with van der Waals surface area (Å²) < 4.78 is 5.97. The van der Waals surface area contributed by atoms with Crippen molar-refractivity contribution in [3.8, 4) is 0 Å². The van der Waals surface area contributed by atoms with E-state index in [9.17, 15) is 4.79 Å². The summed E-state index contributed by atoms with van der Waals surface area (Å²) in [6.45, 7) is 5.61. The summed E-state index contributed by atoms with van der Waals surface area (Å²) in [6.07, 6.45) is 8.64. The predicted octanol–water partition coefficient (Wildman–Crippen LogP) is 3.75. The van der Waals surface area contributed by atoms with Crippen LogP contribution in [0.1, 0.15) is 58.8 Å². The van der Waals surface area contributed by atoms with E-state index in [0.717, 1.165) is 24.8 Å². The molecule has 1 atom stereocenters. The van der Waals surface area contributed by atoms with Crippen LogP contribution in [-0.2, 0) is 9.53 Å². The lowest BCUT2D eigenvalue weighted by Crippen LogP contribution is -2.55. The van der Waals surface area contributed by atoms with E-state index in [2.05, 4.69) is 29.8 Å². The van der Waals surface area contributed by atoms with E-state index in [0.29, 0.717) is 11.8 Å². The van der Waals surface area contributed by atoms with Crippen LogP contribution in [0, 0.1) is 5.92 Å². The lowest BCUT2D eigenvalue weighted by Gasteiger charge is -2.42. The number of amides is 1. The number of hydrogen-bond acceptors (Lipinski definition) is 2. The van der Waals surface area contributed by atoms with E-state index in [4.69, 9.17) is 4.74 Å². The molecule has 1 aliphatic carbocycles. The van der Waals surface area contributed by atoms with E-state index in [1.54, 1.807) is 0 Å². The molecule has 0 aromatic rings. The Balaban J connectivity index is 1.90. The Morgan fingerprint density at radius 1 is 1.25 bits per heavy atom. The fourth-order valence-electron chi connectivity index (χ4n) is 3.51. The average Bonchev–Trinajstić information content (AvgIpc) is 2.65. The van der Waals surface area contributed by atoms with Crippen molar-refractivity contribution in [2.45, 2.75) is 70.5 Å². The highest BCUT2D eigenvalue weighted by molar-refractivity contribution is 9.09. The molecule has 0 aromatic carbocycles. The summed E-state index contributed by atoms with van der Waals surface area (Å²) in [5.74, 6) is 0.942. The lowest BCUT2D eigenvalue weighted by atomic mass is 9.95. The molecule has 0 aromatic heterocycles. The first-order valence-corrected chi connectivity index (χ1v) is 9.14. The standard InChI is InChI=1S/C16H28BrNO2/c1-16(2)12-18(11-14(10-17)20-16)15(19)9-13-7-5-3-4-6-8-13/h13-14H,3-12H2,1-2H3. The zero-order valence-corrected chi connectivity index (χ0v) is 14.5. The van der Waals surface area contributed by atoms with Gasteiger partial charge in [0.2, 0.25) is 5.91 Å². The minimum Gasteiger partial charge on any atom is -0.368 e. The van der Waals surface area contributed by atoms with Crippen molar-refractivity contribution >= 4 is 21.8 Å². The highest BCUT2D eigenvalue weighted by Crippen LogP contribution is 2.28. The quantitative estimate of drug-likeness (QED) is 0.575. The Labute approximate surface area is 131 Å². The smallest absolute Gasteiger partial charge is 0.223 e.